The van der Waals surface area contributed by atoms with Crippen molar-refractivity contribution in [1.82, 2.24) is 16.0 Å². The second kappa shape index (κ2) is 11.1. The van der Waals surface area contributed by atoms with Crippen LogP contribution in [0.15, 0.2) is 4.99 Å². The number of nitrogens with one attached hydrogen (secondary N) is 3. The lowest BCUT2D eigenvalue weighted by molar-refractivity contribution is 0.145. The number of alkyl carbamates (subject to hydrolysis) is 1. The Kier molecular flexibility index (Phi) is 9.37. The van der Waals surface area contributed by atoms with Crippen molar-refractivity contribution < 1.29 is 14.3 Å². The molecule has 1 fully saturated rings. The van der Waals surface area contributed by atoms with Gasteiger partial charge in [0.2, 0.25) is 0 Å². The lowest BCUT2D eigenvalue weighted by atomic mass is 10.2. The molecule has 0 aromatic rings. The first-order valence-electron chi connectivity index (χ1n) is 8.16. The van der Waals surface area contributed by atoms with Crippen molar-refractivity contribution in [2.24, 2.45) is 10.9 Å². The highest BCUT2D eigenvalue weighted by Gasteiger charge is 2.32. The van der Waals surface area contributed by atoms with E-state index in [2.05, 4.69) is 20.9 Å². The van der Waals surface area contributed by atoms with Gasteiger partial charge in [-0.15, -0.1) is 0 Å². The number of carbonyl (C=O) groups is 1. The van der Waals surface area contributed by atoms with Crippen molar-refractivity contribution in [3.05, 3.63) is 0 Å². The second-order valence-corrected chi connectivity index (χ2v) is 5.24. The molecule has 1 saturated carbocycles. The Labute approximate surface area is 133 Å². The third-order valence-electron chi connectivity index (χ3n) is 3.44. The van der Waals surface area contributed by atoms with Gasteiger partial charge in [0, 0.05) is 33.4 Å². The van der Waals surface area contributed by atoms with E-state index in [1.807, 2.05) is 6.92 Å². The summed E-state index contributed by atoms with van der Waals surface area (Å²) in [4.78, 5) is 15.7. The van der Waals surface area contributed by atoms with E-state index < -0.39 is 0 Å². The van der Waals surface area contributed by atoms with Crippen LogP contribution in [-0.4, -0.2) is 58.1 Å². The predicted molar refractivity (Wildman–Crippen MR) is 87.1 cm³/mol. The molecule has 0 aromatic heterocycles. The van der Waals surface area contributed by atoms with E-state index in [9.17, 15) is 4.79 Å². The van der Waals surface area contributed by atoms with Gasteiger partial charge in [0.25, 0.3) is 0 Å². The molecule has 0 bridgehead atoms. The zero-order valence-corrected chi connectivity index (χ0v) is 14.0. The fourth-order valence-corrected chi connectivity index (χ4v) is 2.11. The van der Waals surface area contributed by atoms with Crippen LogP contribution < -0.4 is 16.0 Å². The molecule has 3 N–H and O–H groups in total. The summed E-state index contributed by atoms with van der Waals surface area (Å²) in [6.07, 6.45) is 2.89. The Hall–Kier alpha value is -1.50. The minimum Gasteiger partial charge on any atom is -0.450 e. The van der Waals surface area contributed by atoms with Gasteiger partial charge >= 0.3 is 6.09 Å². The average molecular weight is 314 g/mol. The normalized spacial score (nSPS) is 16.0. The quantitative estimate of drug-likeness (QED) is 0.319. The highest BCUT2D eigenvalue weighted by Crippen LogP contribution is 2.32. The Bertz CT molecular complexity index is 346. The zero-order chi connectivity index (χ0) is 16.2. The van der Waals surface area contributed by atoms with Gasteiger partial charge in [0.1, 0.15) is 0 Å². The lowest BCUT2D eigenvalue weighted by Crippen LogP contribution is -2.48. The molecule has 1 amide bonds. The predicted octanol–water partition coefficient (Wildman–Crippen LogP) is 1.10. The van der Waals surface area contributed by atoms with Crippen LogP contribution in [0.3, 0.4) is 0 Å². The Morgan fingerprint density at radius 2 is 2.05 bits per heavy atom. The van der Waals surface area contributed by atoms with Crippen molar-refractivity contribution in [2.75, 3.05) is 40.0 Å². The number of nitrogens with zero attached hydrogens (tertiary/aromatic N) is 1. The molecule has 1 aliphatic rings. The monoisotopic (exact) mass is 314 g/mol. The summed E-state index contributed by atoms with van der Waals surface area (Å²) >= 11 is 0. The molecule has 0 heterocycles. The van der Waals surface area contributed by atoms with Crippen LogP contribution in [0.2, 0.25) is 0 Å². The second-order valence-electron chi connectivity index (χ2n) is 5.24. The van der Waals surface area contributed by atoms with E-state index in [0.717, 1.165) is 45.0 Å². The van der Waals surface area contributed by atoms with Crippen molar-refractivity contribution in [1.29, 1.82) is 0 Å². The van der Waals surface area contributed by atoms with Gasteiger partial charge in [-0.3, -0.25) is 4.99 Å². The molecular weight excluding hydrogens is 284 g/mol. The largest absolute Gasteiger partial charge is 0.450 e. The third-order valence-corrected chi connectivity index (χ3v) is 3.44. The minimum absolute atomic E-state index is 0.0843. The van der Waals surface area contributed by atoms with E-state index in [1.54, 1.807) is 14.0 Å². The summed E-state index contributed by atoms with van der Waals surface area (Å²) in [6, 6.07) is 0.0843. The summed E-state index contributed by atoms with van der Waals surface area (Å²) in [5, 5.41) is 9.41. The highest BCUT2D eigenvalue weighted by molar-refractivity contribution is 5.79. The number of rotatable bonds is 10. The standard InChI is InChI=1S/C15H30N4O3/c1-4-21-10-6-9-17-14(16-3)18-11-13(12-7-8-12)19-15(20)22-5-2/h12-13H,4-11H2,1-3H3,(H,19,20)(H2,16,17,18). The van der Waals surface area contributed by atoms with E-state index in [1.165, 1.54) is 0 Å². The van der Waals surface area contributed by atoms with E-state index >= 15 is 0 Å². The SMILES string of the molecule is CCOCCCNC(=NC)NCC(NC(=O)OCC)C1CC1. The molecule has 0 spiro atoms. The van der Waals surface area contributed by atoms with Crippen LogP contribution in [-0.2, 0) is 9.47 Å². The maximum Gasteiger partial charge on any atom is 0.407 e. The fourth-order valence-electron chi connectivity index (χ4n) is 2.11. The Balaban J connectivity index is 2.25. The van der Waals surface area contributed by atoms with Crippen LogP contribution in [0, 0.1) is 5.92 Å². The van der Waals surface area contributed by atoms with Gasteiger partial charge < -0.3 is 25.4 Å². The van der Waals surface area contributed by atoms with Crippen LogP contribution >= 0.6 is 0 Å². The maximum absolute atomic E-state index is 11.6. The number of hydrogen-bond acceptors (Lipinski definition) is 4. The van der Waals surface area contributed by atoms with Crippen molar-refractivity contribution in [3.8, 4) is 0 Å². The summed E-state index contributed by atoms with van der Waals surface area (Å²) in [7, 11) is 1.74. The number of amides is 1. The number of aliphatic imine (C=N–C) groups is 1. The summed E-state index contributed by atoms with van der Waals surface area (Å²) < 4.78 is 10.2. The highest BCUT2D eigenvalue weighted by atomic mass is 16.5. The summed E-state index contributed by atoms with van der Waals surface area (Å²) in [6.45, 7) is 7.12. The van der Waals surface area contributed by atoms with Crippen LogP contribution in [0.1, 0.15) is 33.1 Å². The van der Waals surface area contributed by atoms with Crippen molar-refractivity contribution in [2.45, 2.75) is 39.2 Å². The van der Waals surface area contributed by atoms with E-state index in [0.29, 0.717) is 19.1 Å². The number of hydrogen-bond donors (Lipinski definition) is 3. The smallest absolute Gasteiger partial charge is 0.407 e. The number of carbonyl (C=O) groups excluding carboxylic acids is 1. The molecule has 7 heteroatoms. The Morgan fingerprint density at radius 1 is 1.27 bits per heavy atom. The molecular formula is C15H30N4O3. The van der Waals surface area contributed by atoms with E-state index in [4.69, 9.17) is 9.47 Å². The molecule has 1 unspecified atom stereocenters. The average Bonchev–Trinajstić information content (AvgIpc) is 3.33. The number of guanidine groups is 1. The zero-order valence-electron chi connectivity index (χ0n) is 14.0. The maximum atomic E-state index is 11.6. The molecule has 0 saturated heterocycles. The van der Waals surface area contributed by atoms with Crippen molar-refractivity contribution >= 4 is 12.1 Å². The van der Waals surface area contributed by atoms with E-state index in [-0.39, 0.29) is 12.1 Å². The van der Waals surface area contributed by atoms with Crippen LogP contribution in [0.4, 0.5) is 4.79 Å². The fraction of sp³-hybridized carbons (Fsp3) is 0.867. The van der Waals surface area contributed by atoms with Crippen LogP contribution in [0.5, 0.6) is 0 Å². The molecule has 1 atom stereocenters. The molecule has 7 nitrogen and oxygen atoms in total. The molecule has 128 valence electrons. The first kappa shape index (κ1) is 18.5. The van der Waals surface area contributed by atoms with Crippen molar-refractivity contribution in [3.63, 3.8) is 0 Å². The van der Waals surface area contributed by atoms with Gasteiger partial charge in [-0.05, 0) is 39.0 Å². The summed E-state index contributed by atoms with van der Waals surface area (Å²) in [5.74, 6) is 1.28. The van der Waals surface area contributed by atoms with Gasteiger partial charge in [-0.25, -0.2) is 4.79 Å². The minimum atomic E-state index is -0.346. The van der Waals surface area contributed by atoms with Gasteiger partial charge in [0.05, 0.1) is 12.6 Å². The molecule has 0 aromatic carbocycles. The molecule has 1 aliphatic carbocycles. The third kappa shape index (κ3) is 8.07. The lowest BCUT2D eigenvalue weighted by Gasteiger charge is -2.20. The molecule has 22 heavy (non-hydrogen) atoms. The number of ether oxygens (including phenoxy) is 2. The van der Waals surface area contributed by atoms with Crippen LogP contribution in [0.25, 0.3) is 0 Å². The van der Waals surface area contributed by atoms with Gasteiger partial charge in [-0.1, -0.05) is 0 Å². The molecule has 0 aliphatic heterocycles. The Morgan fingerprint density at radius 3 is 2.64 bits per heavy atom. The molecule has 0 radical (unpaired) electrons. The summed E-state index contributed by atoms with van der Waals surface area (Å²) in [5.41, 5.74) is 0. The first-order chi connectivity index (χ1) is 10.7. The topological polar surface area (TPSA) is 84.0 Å². The van der Waals surface area contributed by atoms with Gasteiger partial charge in [0.15, 0.2) is 5.96 Å². The first-order valence-corrected chi connectivity index (χ1v) is 8.16. The molecule has 1 rings (SSSR count). The van der Waals surface area contributed by atoms with Gasteiger partial charge in [-0.2, -0.15) is 0 Å².